The lowest BCUT2D eigenvalue weighted by atomic mass is 10.00. The van der Waals surface area contributed by atoms with Crippen LogP contribution in [0.5, 0.6) is 0 Å². The van der Waals surface area contributed by atoms with Gasteiger partial charge in [0.15, 0.2) is 11.6 Å². The highest BCUT2D eigenvalue weighted by atomic mass is 16.3. The van der Waals surface area contributed by atoms with Crippen LogP contribution < -0.4 is 0 Å². The average molecular weight is 781 g/mol. The number of rotatable bonds is 5. The van der Waals surface area contributed by atoms with E-state index in [0.29, 0.717) is 17.6 Å². The first-order valence-electron chi connectivity index (χ1n) is 20.4. The predicted molar refractivity (Wildman–Crippen MR) is 248 cm³/mol. The molecule has 61 heavy (non-hydrogen) atoms. The summed E-state index contributed by atoms with van der Waals surface area (Å²) in [5, 5.41) is 8.92. The number of hydrogen-bond acceptors (Lipinski definition) is 5. The van der Waals surface area contributed by atoms with Crippen LogP contribution in [0.4, 0.5) is 0 Å². The minimum absolute atomic E-state index is 0.536. The fraction of sp³-hybridized carbons (Fsp3) is 0. The first-order chi connectivity index (χ1) is 30.2. The predicted octanol–water partition coefficient (Wildman–Crippen LogP) is 14.6. The van der Waals surface area contributed by atoms with Gasteiger partial charge in [0.2, 0.25) is 5.95 Å². The Morgan fingerprint density at radius 3 is 1.74 bits per heavy atom. The number of furan rings is 2. The highest BCUT2D eigenvalue weighted by Crippen LogP contribution is 2.40. The van der Waals surface area contributed by atoms with Crippen LogP contribution in [0.25, 0.3) is 127 Å². The van der Waals surface area contributed by atoms with Gasteiger partial charge in [0, 0.05) is 43.4 Å². The number of aromatic nitrogens is 4. The maximum Gasteiger partial charge on any atom is 0.238 e. The van der Waals surface area contributed by atoms with Gasteiger partial charge in [-0.25, -0.2) is 4.98 Å². The van der Waals surface area contributed by atoms with Gasteiger partial charge in [-0.1, -0.05) is 140 Å². The van der Waals surface area contributed by atoms with Crippen molar-refractivity contribution in [3.8, 4) is 51.0 Å². The molecule has 0 unspecified atom stereocenters. The summed E-state index contributed by atoms with van der Waals surface area (Å²) in [4.78, 5) is 15.6. The normalized spacial score (nSPS) is 11.9. The average Bonchev–Trinajstić information content (AvgIpc) is 4.00. The molecular weight excluding hydrogens is 749 g/mol. The quantitative estimate of drug-likeness (QED) is 0.174. The molecule has 0 aliphatic heterocycles. The second-order valence-corrected chi connectivity index (χ2v) is 15.6. The minimum atomic E-state index is 0.536. The lowest BCUT2D eigenvalue weighted by Gasteiger charge is -2.11. The Hall–Kier alpha value is -8.35. The van der Waals surface area contributed by atoms with E-state index in [1.54, 1.807) is 0 Å². The van der Waals surface area contributed by atoms with Crippen LogP contribution >= 0.6 is 0 Å². The number of para-hydroxylation sites is 1. The van der Waals surface area contributed by atoms with Crippen LogP contribution in [0.3, 0.4) is 0 Å². The molecule has 0 aliphatic carbocycles. The van der Waals surface area contributed by atoms with Crippen LogP contribution in [0, 0.1) is 0 Å². The molecule has 0 amide bonds. The van der Waals surface area contributed by atoms with Gasteiger partial charge in [-0.2, -0.15) is 9.97 Å². The fourth-order valence-electron chi connectivity index (χ4n) is 9.13. The van der Waals surface area contributed by atoms with E-state index in [2.05, 4.69) is 162 Å². The Kier molecular flexibility index (Phi) is 7.21. The van der Waals surface area contributed by atoms with Crippen molar-refractivity contribution in [3.63, 3.8) is 0 Å². The van der Waals surface area contributed by atoms with Gasteiger partial charge in [0.1, 0.15) is 22.3 Å². The molecule has 6 nitrogen and oxygen atoms in total. The second kappa shape index (κ2) is 13.1. The Balaban J connectivity index is 0.986. The standard InChI is InChI=1S/C55H32N4O2/c1-3-11-33(12-4-1)38-20-25-43-45-29-36(23-27-48(45)60-50(43)31-38)37-19-24-42-41-17-9-10-18-46(41)59(47(42)30-37)55-57-53(35-14-5-2-6-15-35)56-54(58-55)39-21-26-44-51(32-39)61-49-28-22-34-13-7-8-16-40(34)52(44)49/h1-32H. The van der Waals surface area contributed by atoms with E-state index in [9.17, 15) is 0 Å². The Bertz CT molecular complexity index is 3880. The van der Waals surface area contributed by atoms with Crippen molar-refractivity contribution in [1.29, 1.82) is 0 Å². The van der Waals surface area contributed by atoms with Crippen LogP contribution in [0.15, 0.2) is 203 Å². The fourth-order valence-corrected chi connectivity index (χ4v) is 9.13. The van der Waals surface area contributed by atoms with Gasteiger partial charge >= 0.3 is 0 Å². The van der Waals surface area contributed by atoms with Crippen LogP contribution in [-0.2, 0) is 0 Å². The molecular formula is C55H32N4O2. The summed E-state index contributed by atoms with van der Waals surface area (Å²) in [5.74, 6) is 1.69. The van der Waals surface area contributed by atoms with Crippen LogP contribution in [0.1, 0.15) is 0 Å². The molecule has 9 aromatic carbocycles. The maximum atomic E-state index is 6.50. The van der Waals surface area contributed by atoms with Gasteiger partial charge in [0.25, 0.3) is 0 Å². The molecule has 0 aliphatic rings. The molecule has 0 radical (unpaired) electrons. The van der Waals surface area contributed by atoms with E-state index in [-0.39, 0.29) is 0 Å². The van der Waals surface area contributed by atoms with Crippen molar-refractivity contribution in [3.05, 3.63) is 194 Å². The Labute approximate surface area is 348 Å². The molecule has 0 spiro atoms. The van der Waals surface area contributed by atoms with Crippen LogP contribution in [-0.4, -0.2) is 19.5 Å². The smallest absolute Gasteiger partial charge is 0.238 e. The summed E-state index contributed by atoms with van der Waals surface area (Å²) < 4.78 is 15.1. The summed E-state index contributed by atoms with van der Waals surface area (Å²) >= 11 is 0. The topological polar surface area (TPSA) is 69.9 Å². The summed E-state index contributed by atoms with van der Waals surface area (Å²) in [6, 6.07) is 67.5. The summed E-state index contributed by atoms with van der Waals surface area (Å²) in [6.07, 6.45) is 0. The number of nitrogens with zero attached hydrogens (tertiary/aromatic N) is 4. The van der Waals surface area contributed by atoms with Crippen molar-refractivity contribution >= 4 is 76.5 Å². The van der Waals surface area contributed by atoms with E-state index in [1.165, 1.54) is 10.8 Å². The molecule has 6 heteroatoms. The molecule has 0 atom stereocenters. The third kappa shape index (κ3) is 5.32. The largest absolute Gasteiger partial charge is 0.456 e. The Morgan fingerprint density at radius 2 is 0.885 bits per heavy atom. The van der Waals surface area contributed by atoms with E-state index in [4.69, 9.17) is 23.8 Å². The van der Waals surface area contributed by atoms with Crippen LogP contribution in [0.2, 0.25) is 0 Å². The van der Waals surface area contributed by atoms with Gasteiger partial charge in [-0.15, -0.1) is 0 Å². The SMILES string of the molecule is c1ccc(-c2ccc3c(c2)oc2ccc(-c4ccc5c6ccccc6n(-c6nc(-c7ccccc7)nc(-c7ccc8c(c7)oc7ccc9ccccc9c78)n6)c5c4)cc23)cc1. The zero-order chi connectivity index (χ0) is 40.0. The first kappa shape index (κ1) is 33.6. The van der Waals surface area contributed by atoms with Crippen molar-refractivity contribution in [2.24, 2.45) is 0 Å². The third-order valence-corrected chi connectivity index (χ3v) is 12.1. The number of benzene rings is 9. The van der Waals surface area contributed by atoms with E-state index in [1.807, 2.05) is 36.4 Å². The highest BCUT2D eigenvalue weighted by Gasteiger charge is 2.20. The molecule has 0 bridgehead atoms. The number of hydrogen-bond donors (Lipinski definition) is 0. The van der Waals surface area contributed by atoms with E-state index in [0.717, 1.165) is 99.1 Å². The summed E-state index contributed by atoms with van der Waals surface area (Å²) in [6.45, 7) is 0. The van der Waals surface area contributed by atoms with Crippen molar-refractivity contribution in [2.75, 3.05) is 0 Å². The molecule has 0 saturated heterocycles. The zero-order valence-corrected chi connectivity index (χ0v) is 32.6. The summed E-state index contributed by atoms with van der Waals surface area (Å²) in [5.41, 5.74) is 11.6. The molecule has 13 rings (SSSR count). The zero-order valence-electron chi connectivity index (χ0n) is 32.6. The molecule has 4 heterocycles. The van der Waals surface area contributed by atoms with Crippen molar-refractivity contribution < 1.29 is 8.83 Å². The summed E-state index contributed by atoms with van der Waals surface area (Å²) in [7, 11) is 0. The minimum Gasteiger partial charge on any atom is -0.456 e. The lowest BCUT2D eigenvalue weighted by Crippen LogP contribution is -2.06. The van der Waals surface area contributed by atoms with Gasteiger partial charge < -0.3 is 8.83 Å². The molecule has 284 valence electrons. The molecule has 13 aromatic rings. The third-order valence-electron chi connectivity index (χ3n) is 12.1. The van der Waals surface area contributed by atoms with Crippen molar-refractivity contribution in [1.82, 2.24) is 19.5 Å². The number of fused-ring (bicyclic) bond motifs is 11. The van der Waals surface area contributed by atoms with E-state index >= 15 is 0 Å². The second-order valence-electron chi connectivity index (χ2n) is 15.6. The van der Waals surface area contributed by atoms with Crippen molar-refractivity contribution in [2.45, 2.75) is 0 Å². The van der Waals surface area contributed by atoms with E-state index < -0.39 is 0 Å². The first-order valence-corrected chi connectivity index (χ1v) is 20.4. The highest BCUT2D eigenvalue weighted by molar-refractivity contribution is 6.19. The maximum absolute atomic E-state index is 6.50. The molecule has 0 N–H and O–H groups in total. The molecule has 0 saturated carbocycles. The van der Waals surface area contributed by atoms with Gasteiger partial charge in [0.05, 0.1) is 11.0 Å². The monoisotopic (exact) mass is 780 g/mol. The van der Waals surface area contributed by atoms with Gasteiger partial charge in [-0.05, 0) is 87.6 Å². The Morgan fingerprint density at radius 1 is 0.311 bits per heavy atom. The lowest BCUT2D eigenvalue weighted by molar-refractivity contribution is 0.669. The van der Waals surface area contributed by atoms with Gasteiger partial charge in [-0.3, -0.25) is 4.57 Å². The molecule has 4 aromatic heterocycles. The molecule has 0 fully saturated rings.